The van der Waals surface area contributed by atoms with Crippen molar-refractivity contribution in [1.82, 2.24) is 0 Å². The Bertz CT molecular complexity index is 343. The first-order chi connectivity index (χ1) is 7.11. The molecule has 0 bridgehead atoms. The molecule has 15 heavy (non-hydrogen) atoms. The second kappa shape index (κ2) is 4.17. The molecule has 2 rings (SSSR count). The predicted octanol–water partition coefficient (Wildman–Crippen LogP) is 4.75. The van der Waals surface area contributed by atoms with Crippen LogP contribution >= 0.6 is 11.6 Å². The first-order valence-corrected chi connectivity index (χ1v) is 6.27. The molecule has 1 aromatic rings. The van der Waals surface area contributed by atoms with Crippen LogP contribution in [0.3, 0.4) is 0 Å². The van der Waals surface area contributed by atoms with Gasteiger partial charge in [-0.2, -0.15) is 0 Å². The topological polar surface area (TPSA) is 0 Å². The van der Waals surface area contributed by atoms with E-state index in [4.69, 9.17) is 11.6 Å². The van der Waals surface area contributed by atoms with Crippen LogP contribution in [0.15, 0.2) is 24.3 Å². The second-order valence-corrected chi connectivity index (χ2v) is 5.60. The summed E-state index contributed by atoms with van der Waals surface area (Å²) in [6, 6.07) is 8.66. The average Bonchev–Trinajstić information content (AvgIpc) is 2.44. The van der Waals surface area contributed by atoms with Gasteiger partial charge in [0, 0.05) is 0 Å². The molecule has 0 heterocycles. The van der Waals surface area contributed by atoms with Gasteiger partial charge in [-0.15, -0.1) is 11.6 Å². The largest absolute Gasteiger partial charge is 0.117 e. The maximum atomic E-state index is 6.47. The molecule has 1 heteroatoms. The predicted molar refractivity (Wildman–Crippen MR) is 66.4 cm³/mol. The molecular formula is C14H19Cl. The summed E-state index contributed by atoms with van der Waals surface area (Å²) in [7, 11) is 0. The van der Waals surface area contributed by atoms with Crippen LogP contribution in [-0.4, -0.2) is 0 Å². The van der Waals surface area contributed by atoms with Gasteiger partial charge in [-0.25, -0.2) is 0 Å². The van der Waals surface area contributed by atoms with Crippen LogP contribution < -0.4 is 0 Å². The maximum Gasteiger partial charge on any atom is 0.0619 e. The molecule has 0 aliphatic heterocycles. The molecule has 0 saturated heterocycles. The SMILES string of the molecule is CC(C)CC1c2ccccc2C(Cl)C1C. The number of fused-ring (bicyclic) bond motifs is 1. The molecule has 1 aliphatic carbocycles. The highest BCUT2D eigenvalue weighted by atomic mass is 35.5. The van der Waals surface area contributed by atoms with E-state index < -0.39 is 0 Å². The Morgan fingerprint density at radius 1 is 1.20 bits per heavy atom. The van der Waals surface area contributed by atoms with Gasteiger partial charge in [-0.3, -0.25) is 0 Å². The molecule has 3 unspecified atom stereocenters. The third kappa shape index (κ3) is 1.92. The highest BCUT2D eigenvalue weighted by Crippen LogP contribution is 2.50. The third-order valence-corrected chi connectivity index (χ3v) is 4.15. The molecule has 0 nitrogen and oxygen atoms in total. The average molecular weight is 223 g/mol. The van der Waals surface area contributed by atoms with Gasteiger partial charge in [0.2, 0.25) is 0 Å². The first-order valence-electron chi connectivity index (χ1n) is 5.84. The fourth-order valence-corrected chi connectivity index (χ4v) is 3.09. The zero-order valence-corrected chi connectivity index (χ0v) is 10.5. The van der Waals surface area contributed by atoms with E-state index in [-0.39, 0.29) is 5.38 Å². The molecule has 0 amide bonds. The van der Waals surface area contributed by atoms with Crippen LogP contribution in [0, 0.1) is 11.8 Å². The van der Waals surface area contributed by atoms with Gasteiger partial charge in [0.25, 0.3) is 0 Å². The molecule has 1 aromatic carbocycles. The van der Waals surface area contributed by atoms with E-state index in [1.165, 1.54) is 17.5 Å². The molecule has 3 atom stereocenters. The van der Waals surface area contributed by atoms with Gasteiger partial charge < -0.3 is 0 Å². The third-order valence-electron chi connectivity index (χ3n) is 3.51. The van der Waals surface area contributed by atoms with Crippen molar-refractivity contribution >= 4 is 11.6 Å². The van der Waals surface area contributed by atoms with E-state index >= 15 is 0 Å². The summed E-state index contributed by atoms with van der Waals surface area (Å²) in [5, 5.41) is 0.213. The van der Waals surface area contributed by atoms with Gasteiger partial charge in [-0.05, 0) is 35.3 Å². The number of hydrogen-bond donors (Lipinski definition) is 0. The number of hydrogen-bond acceptors (Lipinski definition) is 0. The summed E-state index contributed by atoms with van der Waals surface area (Å²) < 4.78 is 0. The van der Waals surface area contributed by atoms with Crippen molar-refractivity contribution < 1.29 is 0 Å². The lowest BCUT2D eigenvalue weighted by atomic mass is 9.86. The molecule has 0 spiro atoms. The molecule has 0 aromatic heterocycles. The summed E-state index contributed by atoms with van der Waals surface area (Å²) in [5.74, 6) is 1.97. The Balaban J connectivity index is 2.33. The molecule has 82 valence electrons. The van der Waals surface area contributed by atoms with Crippen LogP contribution in [0.1, 0.15) is 49.6 Å². The summed E-state index contributed by atoms with van der Waals surface area (Å²) in [5.41, 5.74) is 2.84. The van der Waals surface area contributed by atoms with E-state index in [9.17, 15) is 0 Å². The van der Waals surface area contributed by atoms with E-state index in [2.05, 4.69) is 45.0 Å². The minimum atomic E-state index is 0.213. The maximum absolute atomic E-state index is 6.47. The zero-order chi connectivity index (χ0) is 11.0. The molecule has 0 saturated carbocycles. The van der Waals surface area contributed by atoms with Crippen LogP contribution in [0.4, 0.5) is 0 Å². The van der Waals surface area contributed by atoms with Crippen molar-refractivity contribution in [2.45, 2.75) is 38.5 Å². The van der Waals surface area contributed by atoms with Gasteiger partial charge in [0.05, 0.1) is 5.38 Å². The van der Waals surface area contributed by atoms with Gasteiger partial charge in [0.15, 0.2) is 0 Å². The molecular weight excluding hydrogens is 204 g/mol. The number of alkyl halides is 1. The minimum Gasteiger partial charge on any atom is -0.117 e. The minimum absolute atomic E-state index is 0.213. The van der Waals surface area contributed by atoms with Crippen molar-refractivity contribution in [3.8, 4) is 0 Å². The smallest absolute Gasteiger partial charge is 0.0619 e. The number of rotatable bonds is 2. The van der Waals surface area contributed by atoms with Gasteiger partial charge in [0.1, 0.15) is 0 Å². The summed E-state index contributed by atoms with van der Waals surface area (Å²) >= 11 is 6.47. The molecule has 0 N–H and O–H groups in total. The Hall–Kier alpha value is -0.490. The fraction of sp³-hybridized carbons (Fsp3) is 0.571. The summed E-state index contributed by atoms with van der Waals surface area (Å²) in [6.07, 6.45) is 1.25. The Labute approximate surface area is 97.6 Å². The monoisotopic (exact) mass is 222 g/mol. The van der Waals surface area contributed by atoms with E-state index in [0.29, 0.717) is 11.8 Å². The van der Waals surface area contributed by atoms with E-state index in [1.54, 1.807) is 0 Å². The molecule has 0 fully saturated rings. The first kappa shape index (κ1) is 11.0. The van der Waals surface area contributed by atoms with Crippen molar-refractivity contribution in [3.05, 3.63) is 35.4 Å². The number of halogens is 1. The second-order valence-electron chi connectivity index (χ2n) is 5.13. The van der Waals surface area contributed by atoms with Gasteiger partial charge >= 0.3 is 0 Å². The Morgan fingerprint density at radius 2 is 1.80 bits per heavy atom. The highest BCUT2D eigenvalue weighted by Gasteiger charge is 2.36. The van der Waals surface area contributed by atoms with Crippen molar-refractivity contribution in [2.75, 3.05) is 0 Å². The van der Waals surface area contributed by atoms with Crippen LogP contribution in [-0.2, 0) is 0 Å². The quantitative estimate of drug-likeness (QED) is 0.634. The van der Waals surface area contributed by atoms with Gasteiger partial charge in [-0.1, -0.05) is 45.0 Å². The van der Waals surface area contributed by atoms with Crippen LogP contribution in [0.5, 0.6) is 0 Å². The van der Waals surface area contributed by atoms with Crippen molar-refractivity contribution in [3.63, 3.8) is 0 Å². The van der Waals surface area contributed by atoms with E-state index in [0.717, 1.165) is 5.92 Å². The summed E-state index contributed by atoms with van der Waals surface area (Å²) in [4.78, 5) is 0. The van der Waals surface area contributed by atoms with E-state index in [1.807, 2.05) is 0 Å². The standard InChI is InChI=1S/C14H19Cl/c1-9(2)8-13-10(3)14(15)12-7-5-4-6-11(12)13/h4-7,9-10,13-14H,8H2,1-3H3. The summed E-state index contributed by atoms with van der Waals surface area (Å²) in [6.45, 7) is 6.86. The normalized spacial score (nSPS) is 29.5. The Kier molecular flexibility index (Phi) is 3.06. The molecule has 0 radical (unpaired) electrons. The lowest BCUT2D eigenvalue weighted by Crippen LogP contribution is -2.08. The van der Waals surface area contributed by atoms with Crippen LogP contribution in [0.25, 0.3) is 0 Å². The Morgan fingerprint density at radius 3 is 2.40 bits per heavy atom. The highest BCUT2D eigenvalue weighted by molar-refractivity contribution is 6.21. The van der Waals surface area contributed by atoms with Crippen molar-refractivity contribution in [1.29, 1.82) is 0 Å². The lowest BCUT2D eigenvalue weighted by Gasteiger charge is -2.20. The molecule has 1 aliphatic rings. The zero-order valence-electron chi connectivity index (χ0n) is 9.70. The lowest BCUT2D eigenvalue weighted by molar-refractivity contribution is 0.406. The van der Waals surface area contributed by atoms with Crippen molar-refractivity contribution in [2.24, 2.45) is 11.8 Å². The number of benzene rings is 1. The fourth-order valence-electron chi connectivity index (χ4n) is 2.72. The van der Waals surface area contributed by atoms with Crippen LogP contribution in [0.2, 0.25) is 0 Å².